The lowest BCUT2D eigenvalue weighted by Crippen LogP contribution is -2.23. The molecule has 4 heteroatoms. The summed E-state index contributed by atoms with van der Waals surface area (Å²) in [7, 11) is 1.69. The van der Waals surface area contributed by atoms with Gasteiger partial charge in [0.25, 0.3) is 5.91 Å². The molecular formula is C17H15N3O. The summed E-state index contributed by atoms with van der Waals surface area (Å²) in [5, 5.41) is 8.76. The largest absolute Gasteiger partial charge is 0.399 e. The van der Waals surface area contributed by atoms with Crippen molar-refractivity contribution in [2.75, 3.05) is 17.7 Å². The first-order chi connectivity index (χ1) is 10.1. The van der Waals surface area contributed by atoms with E-state index < -0.39 is 0 Å². The van der Waals surface area contributed by atoms with Crippen molar-refractivity contribution in [3.63, 3.8) is 0 Å². The van der Waals surface area contributed by atoms with Crippen LogP contribution in [0.1, 0.15) is 11.1 Å². The van der Waals surface area contributed by atoms with E-state index >= 15 is 0 Å². The SMILES string of the molecule is CN(C(=O)/C=C/c1cccc(N)c1)c1ccc(C#N)cc1. The predicted octanol–water partition coefficient (Wildman–Crippen LogP) is 2.82. The minimum atomic E-state index is -0.151. The van der Waals surface area contributed by atoms with Crippen LogP contribution in [-0.4, -0.2) is 13.0 Å². The number of nitriles is 1. The Labute approximate surface area is 123 Å². The quantitative estimate of drug-likeness (QED) is 0.692. The van der Waals surface area contributed by atoms with Gasteiger partial charge in [-0.25, -0.2) is 0 Å². The van der Waals surface area contributed by atoms with E-state index in [-0.39, 0.29) is 5.91 Å². The van der Waals surface area contributed by atoms with Crippen LogP contribution in [-0.2, 0) is 4.79 Å². The van der Waals surface area contributed by atoms with Gasteiger partial charge in [0, 0.05) is 24.5 Å². The van der Waals surface area contributed by atoms with Crippen molar-refractivity contribution in [1.82, 2.24) is 0 Å². The van der Waals surface area contributed by atoms with Crippen molar-refractivity contribution in [1.29, 1.82) is 5.26 Å². The number of rotatable bonds is 3. The van der Waals surface area contributed by atoms with Crippen LogP contribution in [0.5, 0.6) is 0 Å². The molecule has 104 valence electrons. The van der Waals surface area contributed by atoms with Crippen LogP contribution >= 0.6 is 0 Å². The molecule has 0 aliphatic heterocycles. The number of nitrogen functional groups attached to an aromatic ring is 1. The van der Waals surface area contributed by atoms with Gasteiger partial charge in [-0.1, -0.05) is 12.1 Å². The van der Waals surface area contributed by atoms with Crippen molar-refractivity contribution in [2.45, 2.75) is 0 Å². The average Bonchev–Trinajstić information content (AvgIpc) is 2.52. The molecule has 0 aliphatic rings. The molecule has 0 fully saturated rings. The summed E-state index contributed by atoms with van der Waals surface area (Å²) >= 11 is 0. The van der Waals surface area contributed by atoms with Crippen LogP contribution in [0.15, 0.2) is 54.6 Å². The van der Waals surface area contributed by atoms with Crippen LogP contribution in [0.4, 0.5) is 11.4 Å². The van der Waals surface area contributed by atoms with Gasteiger partial charge in [-0.15, -0.1) is 0 Å². The van der Waals surface area contributed by atoms with Gasteiger partial charge in [0.15, 0.2) is 0 Å². The van der Waals surface area contributed by atoms with Gasteiger partial charge >= 0.3 is 0 Å². The molecule has 0 radical (unpaired) electrons. The number of nitrogens with two attached hydrogens (primary N) is 1. The topological polar surface area (TPSA) is 70.1 Å². The number of benzene rings is 2. The summed E-state index contributed by atoms with van der Waals surface area (Å²) < 4.78 is 0. The molecular weight excluding hydrogens is 262 g/mol. The second-order valence-corrected chi connectivity index (χ2v) is 4.56. The first-order valence-corrected chi connectivity index (χ1v) is 6.41. The van der Waals surface area contributed by atoms with Crippen LogP contribution < -0.4 is 10.6 Å². The molecule has 0 heterocycles. The number of hydrogen-bond acceptors (Lipinski definition) is 3. The van der Waals surface area contributed by atoms with Gasteiger partial charge in [0.2, 0.25) is 0 Å². The van der Waals surface area contributed by atoms with E-state index in [0.717, 1.165) is 11.3 Å². The fraction of sp³-hybridized carbons (Fsp3) is 0.0588. The Morgan fingerprint density at radius 3 is 2.57 bits per heavy atom. The molecule has 0 unspecified atom stereocenters. The highest BCUT2D eigenvalue weighted by Crippen LogP contribution is 2.14. The smallest absolute Gasteiger partial charge is 0.250 e. The molecule has 0 aliphatic carbocycles. The Hall–Kier alpha value is -3.06. The molecule has 0 saturated carbocycles. The fourth-order valence-corrected chi connectivity index (χ4v) is 1.83. The normalized spacial score (nSPS) is 10.3. The van der Waals surface area contributed by atoms with Gasteiger partial charge in [-0.2, -0.15) is 5.26 Å². The number of carbonyl (C=O) groups excluding carboxylic acids is 1. The van der Waals surface area contributed by atoms with E-state index in [9.17, 15) is 4.79 Å². The van der Waals surface area contributed by atoms with Gasteiger partial charge < -0.3 is 10.6 Å². The molecule has 1 amide bonds. The maximum atomic E-state index is 12.1. The van der Waals surface area contributed by atoms with Crippen molar-refractivity contribution in [3.8, 4) is 6.07 Å². The van der Waals surface area contributed by atoms with Gasteiger partial charge in [0.1, 0.15) is 0 Å². The van der Waals surface area contributed by atoms with Crippen LogP contribution in [0.25, 0.3) is 6.08 Å². The molecule has 0 saturated heterocycles. The van der Waals surface area contributed by atoms with Crippen LogP contribution in [0.3, 0.4) is 0 Å². The summed E-state index contributed by atoms with van der Waals surface area (Å²) in [5.41, 5.74) is 8.51. The maximum Gasteiger partial charge on any atom is 0.250 e. The van der Waals surface area contributed by atoms with Crippen LogP contribution in [0, 0.1) is 11.3 Å². The maximum absolute atomic E-state index is 12.1. The third kappa shape index (κ3) is 3.71. The molecule has 2 rings (SSSR count). The predicted molar refractivity (Wildman–Crippen MR) is 84.5 cm³/mol. The number of amides is 1. The summed E-state index contributed by atoms with van der Waals surface area (Å²) in [4.78, 5) is 13.6. The van der Waals surface area contributed by atoms with Gasteiger partial charge in [-0.3, -0.25) is 4.79 Å². The second-order valence-electron chi connectivity index (χ2n) is 4.56. The zero-order chi connectivity index (χ0) is 15.2. The first-order valence-electron chi connectivity index (χ1n) is 6.41. The van der Waals surface area contributed by atoms with Gasteiger partial charge in [-0.05, 0) is 48.0 Å². The lowest BCUT2D eigenvalue weighted by Gasteiger charge is -2.15. The Balaban J connectivity index is 2.10. The first kappa shape index (κ1) is 14.4. The highest BCUT2D eigenvalue weighted by molar-refractivity contribution is 6.03. The minimum Gasteiger partial charge on any atom is -0.399 e. The fourth-order valence-electron chi connectivity index (χ4n) is 1.83. The molecule has 21 heavy (non-hydrogen) atoms. The standard InChI is InChI=1S/C17H15N3O/c1-20(16-8-5-14(12-18)6-9-16)17(21)10-7-13-3-2-4-15(19)11-13/h2-11H,19H2,1H3/b10-7+. The monoisotopic (exact) mass is 277 g/mol. The van der Waals surface area contributed by atoms with E-state index in [0.29, 0.717) is 11.3 Å². The minimum absolute atomic E-state index is 0.151. The molecule has 0 spiro atoms. The van der Waals surface area contributed by atoms with Crippen LogP contribution in [0.2, 0.25) is 0 Å². The summed E-state index contributed by atoms with van der Waals surface area (Å²) in [6.45, 7) is 0. The Morgan fingerprint density at radius 1 is 1.24 bits per heavy atom. The molecule has 4 nitrogen and oxygen atoms in total. The Morgan fingerprint density at radius 2 is 1.95 bits per heavy atom. The lowest BCUT2D eigenvalue weighted by atomic mass is 10.2. The van der Waals surface area contributed by atoms with Crippen molar-refractivity contribution >= 4 is 23.4 Å². The number of carbonyl (C=O) groups is 1. The van der Waals surface area contributed by atoms with Crippen molar-refractivity contribution in [2.24, 2.45) is 0 Å². The number of nitrogens with zero attached hydrogens (tertiary/aromatic N) is 2. The molecule has 0 bridgehead atoms. The van der Waals surface area contributed by atoms with Gasteiger partial charge in [0.05, 0.1) is 11.6 Å². The molecule has 2 aromatic rings. The highest BCUT2D eigenvalue weighted by Gasteiger charge is 2.07. The van der Waals surface area contributed by atoms with Crippen molar-refractivity contribution < 1.29 is 4.79 Å². The van der Waals surface area contributed by atoms with E-state index in [1.165, 1.54) is 11.0 Å². The third-order valence-corrected chi connectivity index (χ3v) is 3.04. The van der Waals surface area contributed by atoms with E-state index in [1.54, 1.807) is 49.5 Å². The summed E-state index contributed by atoms with van der Waals surface area (Å²) in [6, 6.07) is 16.2. The van der Waals surface area contributed by atoms with E-state index in [1.807, 2.05) is 18.2 Å². The third-order valence-electron chi connectivity index (χ3n) is 3.04. The highest BCUT2D eigenvalue weighted by atomic mass is 16.2. The number of hydrogen-bond donors (Lipinski definition) is 1. The zero-order valence-corrected chi connectivity index (χ0v) is 11.7. The Bertz CT molecular complexity index is 712. The molecule has 0 atom stereocenters. The number of anilines is 2. The average molecular weight is 277 g/mol. The molecule has 2 N–H and O–H groups in total. The second kappa shape index (κ2) is 6.40. The van der Waals surface area contributed by atoms with E-state index in [2.05, 4.69) is 0 Å². The summed E-state index contributed by atoms with van der Waals surface area (Å²) in [6.07, 6.45) is 3.21. The summed E-state index contributed by atoms with van der Waals surface area (Å²) in [5.74, 6) is -0.151. The van der Waals surface area contributed by atoms with Crippen molar-refractivity contribution in [3.05, 3.63) is 65.7 Å². The molecule has 2 aromatic carbocycles. The Kier molecular flexibility index (Phi) is 4.37. The van der Waals surface area contributed by atoms with E-state index in [4.69, 9.17) is 11.0 Å². The lowest BCUT2D eigenvalue weighted by molar-refractivity contribution is -0.113. The molecule has 0 aromatic heterocycles. The zero-order valence-electron chi connectivity index (χ0n) is 11.7. The number of likely N-dealkylation sites (N-methyl/N-ethyl adjacent to an activating group) is 1.